The van der Waals surface area contributed by atoms with Crippen molar-refractivity contribution in [2.75, 3.05) is 13.7 Å². The number of rotatable bonds is 2. The number of ether oxygens (including phenoxy) is 2. The van der Waals surface area contributed by atoms with Crippen LogP contribution >= 0.6 is 0 Å². The first-order valence-corrected chi connectivity index (χ1v) is 7.94. The Labute approximate surface area is 148 Å². The van der Waals surface area contributed by atoms with Gasteiger partial charge in [0.25, 0.3) is 0 Å². The van der Waals surface area contributed by atoms with Crippen LogP contribution < -0.4 is 4.74 Å². The summed E-state index contributed by atoms with van der Waals surface area (Å²) >= 11 is 0. The summed E-state index contributed by atoms with van der Waals surface area (Å²) in [4.78, 5) is 0. The van der Waals surface area contributed by atoms with E-state index in [2.05, 4.69) is 74.9 Å². The monoisotopic (exact) mass is 356 g/mol. The van der Waals surface area contributed by atoms with Gasteiger partial charge in [-0.25, -0.2) is 0 Å². The van der Waals surface area contributed by atoms with Crippen molar-refractivity contribution >= 4 is 0 Å². The predicted octanol–water partition coefficient (Wildman–Crippen LogP) is 6.16. The summed E-state index contributed by atoms with van der Waals surface area (Å²) in [6, 6.07) is 14.7. The molecule has 0 bridgehead atoms. The molecule has 0 aromatic heterocycles. The predicted molar refractivity (Wildman–Crippen MR) is 96.1 cm³/mol. The fraction of sp³-hybridized carbons (Fsp3) is 0.400. The molecule has 0 saturated heterocycles. The Morgan fingerprint density at radius 1 is 0.800 bits per heavy atom. The normalized spacial score (nSPS) is 10.1. The molecule has 0 amide bonds. The van der Waals surface area contributed by atoms with Crippen LogP contribution in [0.3, 0.4) is 0 Å². The van der Waals surface area contributed by atoms with Crippen LogP contribution in [0.25, 0.3) is 0 Å². The highest BCUT2D eigenvalue weighted by Gasteiger charge is 2.25. The third-order valence-electron chi connectivity index (χ3n) is 3.09. The highest BCUT2D eigenvalue weighted by Crippen LogP contribution is 2.18. The van der Waals surface area contributed by atoms with Crippen LogP contribution in [-0.4, -0.2) is 20.1 Å². The maximum atomic E-state index is 10.6. The average molecular weight is 356 g/mol. The highest BCUT2D eigenvalue weighted by atomic mass is 19.4. The molecule has 0 N–H and O–H groups in total. The van der Waals surface area contributed by atoms with Crippen LogP contribution in [0, 0.1) is 27.7 Å². The van der Waals surface area contributed by atoms with E-state index in [4.69, 9.17) is 4.74 Å². The molecule has 0 heterocycles. The fourth-order valence-electron chi connectivity index (χ4n) is 1.66. The molecule has 5 heteroatoms. The summed E-state index contributed by atoms with van der Waals surface area (Å²) in [5, 5.41) is 0. The zero-order chi connectivity index (χ0) is 19.5. The Morgan fingerprint density at radius 3 is 1.56 bits per heavy atom. The van der Waals surface area contributed by atoms with Crippen LogP contribution in [0.1, 0.15) is 29.2 Å². The number of aryl methyl sites for hydroxylation is 4. The summed E-state index contributed by atoms with van der Waals surface area (Å²) in [6.45, 7) is 11.1. The van der Waals surface area contributed by atoms with E-state index in [0.29, 0.717) is 7.11 Å². The molecule has 140 valence electrons. The first kappa shape index (κ1) is 23.0. The van der Waals surface area contributed by atoms with Gasteiger partial charge in [-0.1, -0.05) is 47.5 Å². The molecule has 25 heavy (non-hydrogen) atoms. The van der Waals surface area contributed by atoms with Gasteiger partial charge in [0.2, 0.25) is 0 Å². The standard InChI is InChI=1S/C10H14O.C8H10.C2H3F3O/c1-4-11-10-7-8(2)5-6-9(10)3;1-7-3-5-8(2)6-4-7;1-6-2(3,4)5/h5-7H,4H2,1-3H3;3-6H,1-2H3;1H3. The molecule has 0 spiro atoms. The smallest absolute Gasteiger partial charge is 0.494 e. The SMILES string of the molecule is CCOc1cc(C)ccc1C.COC(F)(F)F.Cc1ccc(C)cc1. The molecular weight excluding hydrogens is 329 g/mol. The molecule has 0 aliphatic carbocycles. The van der Waals surface area contributed by atoms with Gasteiger partial charge in [-0.05, 0) is 51.8 Å². The average Bonchev–Trinajstić information content (AvgIpc) is 2.55. The van der Waals surface area contributed by atoms with Crippen molar-refractivity contribution in [3.05, 3.63) is 64.7 Å². The molecule has 2 aromatic carbocycles. The number of alkyl halides is 3. The molecule has 2 nitrogen and oxygen atoms in total. The molecule has 2 rings (SSSR count). The fourth-order valence-corrected chi connectivity index (χ4v) is 1.66. The van der Waals surface area contributed by atoms with E-state index < -0.39 is 6.36 Å². The van der Waals surface area contributed by atoms with Crippen molar-refractivity contribution in [1.29, 1.82) is 0 Å². The molecule has 0 radical (unpaired) electrons. The highest BCUT2D eigenvalue weighted by molar-refractivity contribution is 5.35. The van der Waals surface area contributed by atoms with Crippen LogP contribution in [-0.2, 0) is 4.74 Å². The summed E-state index contributed by atoms with van der Waals surface area (Å²) in [6.07, 6.45) is -4.46. The molecule has 0 aliphatic rings. The van der Waals surface area contributed by atoms with Crippen molar-refractivity contribution < 1.29 is 22.6 Å². The van der Waals surface area contributed by atoms with Gasteiger partial charge >= 0.3 is 6.36 Å². The second-order valence-corrected chi connectivity index (χ2v) is 5.51. The van der Waals surface area contributed by atoms with Crippen molar-refractivity contribution in [2.24, 2.45) is 0 Å². The van der Waals surface area contributed by atoms with Crippen molar-refractivity contribution in [2.45, 2.75) is 41.0 Å². The first-order valence-electron chi connectivity index (χ1n) is 7.94. The number of hydrogen-bond donors (Lipinski definition) is 0. The lowest BCUT2D eigenvalue weighted by molar-refractivity contribution is -0.311. The minimum absolute atomic E-state index is 0.583. The third kappa shape index (κ3) is 12.1. The van der Waals surface area contributed by atoms with E-state index in [0.717, 1.165) is 12.4 Å². The van der Waals surface area contributed by atoms with Gasteiger partial charge in [0.15, 0.2) is 0 Å². The number of halogens is 3. The van der Waals surface area contributed by atoms with Crippen molar-refractivity contribution in [3.8, 4) is 5.75 Å². The van der Waals surface area contributed by atoms with Crippen LogP contribution in [0.2, 0.25) is 0 Å². The van der Waals surface area contributed by atoms with Gasteiger partial charge in [-0.3, -0.25) is 4.74 Å². The maximum absolute atomic E-state index is 10.6. The van der Waals surface area contributed by atoms with E-state index in [-0.39, 0.29) is 0 Å². The first-order chi connectivity index (χ1) is 11.6. The molecule has 0 unspecified atom stereocenters. The Hall–Kier alpha value is -2.01. The van der Waals surface area contributed by atoms with E-state index in [1.54, 1.807) is 0 Å². The van der Waals surface area contributed by atoms with E-state index in [1.807, 2.05) is 6.92 Å². The lowest BCUT2D eigenvalue weighted by atomic mass is 10.1. The zero-order valence-electron chi connectivity index (χ0n) is 15.7. The second kappa shape index (κ2) is 11.5. The maximum Gasteiger partial charge on any atom is 0.522 e. The Kier molecular flexibility index (Phi) is 10.6. The number of hydrogen-bond acceptors (Lipinski definition) is 2. The third-order valence-corrected chi connectivity index (χ3v) is 3.09. The molecule has 0 saturated carbocycles. The quantitative estimate of drug-likeness (QED) is 0.642. The lowest BCUT2D eigenvalue weighted by Crippen LogP contribution is -2.08. The van der Waals surface area contributed by atoms with E-state index in [1.165, 1.54) is 22.3 Å². The van der Waals surface area contributed by atoms with Crippen LogP contribution in [0.15, 0.2) is 42.5 Å². The summed E-state index contributed by atoms with van der Waals surface area (Å²) in [5.74, 6) is 1.01. The van der Waals surface area contributed by atoms with Gasteiger partial charge in [0, 0.05) is 7.11 Å². The van der Waals surface area contributed by atoms with Crippen LogP contribution in [0.5, 0.6) is 5.75 Å². The summed E-state index contributed by atoms with van der Waals surface area (Å²) in [7, 11) is 0.583. The minimum atomic E-state index is -4.46. The van der Waals surface area contributed by atoms with E-state index >= 15 is 0 Å². The topological polar surface area (TPSA) is 18.5 Å². The lowest BCUT2D eigenvalue weighted by Gasteiger charge is -2.06. The van der Waals surface area contributed by atoms with Gasteiger partial charge in [-0.15, -0.1) is 13.2 Å². The Balaban J connectivity index is 0.000000365. The molecule has 0 aliphatic heterocycles. The van der Waals surface area contributed by atoms with Crippen LogP contribution in [0.4, 0.5) is 13.2 Å². The van der Waals surface area contributed by atoms with Gasteiger partial charge < -0.3 is 4.74 Å². The minimum Gasteiger partial charge on any atom is -0.494 e. The Bertz CT molecular complexity index is 584. The van der Waals surface area contributed by atoms with E-state index in [9.17, 15) is 13.2 Å². The van der Waals surface area contributed by atoms with Crippen molar-refractivity contribution in [3.63, 3.8) is 0 Å². The summed E-state index contributed by atoms with van der Waals surface area (Å²) in [5.41, 5.74) is 5.11. The number of methoxy groups -OCH3 is 1. The second-order valence-electron chi connectivity index (χ2n) is 5.51. The summed E-state index contributed by atoms with van der Waals surface area (Å²) < 4.78 is 40.0. The molecule has 0 atom stereocenters. The largest absolute Gasteiger partial charge is 0.522 e. The zero-order valence-corrected chi connectivity index (χ0v) is 15.7. The molecule has 0 fully saturated rings. The molecular formula is C20H27F3O2. The van der Waals surface area contributed by atoms with Gasteiger partial charge in [-0.2, -0.15) is 0 Å². The van der Waals surface area contributed by atoms with Gasteiger partial charge in [0.1, 0.15) is 5.75 Å². The number of benzene rings is 2. The molecule has 2 aromatic rings. The Morgan fingerprint density at radius 2 is 1.20 bits per heavy atom. The van der Waals surface area contributed by atoms with Crippen molar-refractivity contribution in [1.82, 2.24) is 0 Å². The van der Waals surface area contributed by atoms with Gasteiger partial charge in [0.05, 0.1) is 6.61 Å².